The zero-order valence-electron chi connectivity index (χ0n) is 13.8. The molecule has 0 bridgehead atoms. The van der Waals surface area contributed by atoms with E-state index in [9.17, 15) is 14.7 Å². The van der Waals surface area contributed by atoms with Crippen molar-refractivity contribution >= 4 is 29.0 Å². The van der Waals surface area contributed by atoms with Crippen molar-refractivity contribution in [3.8, 4) is 0 Å². The highest BCUT2D eigenvalue weighted by molar-refractivity contribution is 6.31. The van der Waals surface area contributed by atoms with Gasteiger partial charge >= 0.3 is 0 Å². The molecule has 1 aliphatic rings. The Bertz CT molecular complexity index is 862. The van der Waals surface area contributed by atoms with Gasteiger partial charge in [-0.25, -0.2) is 0 Å². The topological polar surface area (TPSA) is 70.5 Å². The van der Waals surface area contributed by atoms with Gasteiger partial charge in [0.05, 0.1) is 11.6 Å². The fourth-order valence-electron chi connectivity index (χ4n) is 2.91. The van der Waals surface area contributed by atoms with Crippen LogP contribution in [0.15, 0.2) is 60.1 Å². The van der Waals surface area contributed by atoms with Gasteiger partial charge in [-0.3, -0.25) is 19.5 Å². The fraction of sp³-hybridized carbons (Fsp3) is 0.211. The number of Topliss-reactive ketones (excluding diaryl/α,β-unsaturated/α-hetero) is 1. The summed E-state index contributed by atoms with van der Waals surface area (Å²) in [5, 5.41) is 10.9. The molecule has 1 N–H and O–H groups in total. The van der Waals surface area contributed by atoms with Crippen molar-refractivity contribution in [1.29, 1.82) is 0 Å². The number of amides is 1. The molecule has 128 valence electrons. The number of aromatic nitrogens is 1. The molecule has 0 spiro atoms. The average Bonchev–Trinajstić information content (AvgIpc) is 2.86. The summed E-state index contributed by atoms with van der Waals surface area (Å²) in [6.45, 7) is 3.46. The van der Waals surface area contributed by atoms with Crippen LogP contribution >= 0.6 is 11.6 Å². The second-order valence-corrected chi connectivity index (χ2v) is 6.56. The summed E-state index contributed by atoms with van der Waals surface area (Å²) in [7, 11) is 0. The monoisotopic (exact) mass is 356 g/mol. The Morgan fingerprint density at radius 2 is 2.04 bits per heavy atom. The molecule has 1 aromatic carbocycles. The van der Waals surface area contributed by atoms with Crippen LogP contribution in [0.2, 0.25) is 5.02 Å². The van der Waals surface area contributed by atoms with Crippen LogP contribution in [0.1, 0.15) is 25.5 Å². The lowest BCUT2D eigenvalue weighted by atomic mass is 9.92. The molecule has 0 fully saturated rings. The van der Waals surface area contributed by atoms with Gasteiger partial charge in [-0.05, 0) is 29.8 Å². The van der Waals surface area contributed by atoms with Gasteiger partial charge in [0.1, 0.15) is 0 Å². The van der Waals surface area contributed by atoms with Crippen molar-refractivity contribution in [1.82, 2.24) is 4.98 Å². The fourth-order valence-corrected chi connectivity index (χ4v) is 3.10. The van der Waals surface area contributed by atoms with E-state index in [2.05, 4.69) is 4.98 Å². The van der Waals surface area contributed by atoms with Gasteiger partial charge in [-0.2, -0.15) is 0 Å². The predicted molar refractivity (Wildman–Crippen MR) is 95.4 cm³/mol. The molecule has 1 amide bonds. The highest BCUT2D eigenvalue weighted by Gasteiger charge is 2.44. The SMILES string of the molecule is CC(C)C(=O)C1=C(O)C(=O)N(c2cccc(Cl)c2)C1c1cccnc1. The molecule has 1 atom stereocenters. The molecule has 1 aliphatic heterocycles. The average molecular weight is 357 g/mol. The Hall–Kier alpha value is -2.66. The van der Waals surface area contributed by atoms with E-state index in [1.807, 2.05) is 0 Å². The van der Waals surface area contributed by atoms with Crippen LogP contribution in [0.4, 0.5) is 5.69 Å². The first-order valence-corrected chi connectivity index (χ1v) is 8.26. The normalized spacial score (nSPS) is 17.5. The molecule has 5 nitrogen and oxygen atoms in total. The number of aliphatic hydroxyl groups excluding tert-OH is 1. The molecule has 6 heteroatoms. The Kier molecular flexibility index (Phi) is 4.59. The lowest BCUT2D eigenvalue weighted by Gasteiger charge is -2.27. The number of ketones is 1. The summed E-state index contributed by atoms with van der Waals surface area (Å²) in [4.78, 5) is 30.9. The minimum absolute atomic E-state index is 0.0907. The van der Waals surface area contributed by atoms with Crippen LogP contribution in [-0.2, 0) is 9.59 Å². The van der Waals surface area contributed by atoms with E-state index >= 15 is 0 Å². The molecule has 0 radical (unpaired) electrons. The van der Waals surface area contributed by atoms with Crippen molar-refractivity contribution in [3.63, 3.8) is 0 Å². The van der Waals surface area contributed by atoms with Gasteiger partial charge in [-0.15, -0.1) is 0 Å². The van der Waals surface area contributed by atoms with E-state index < -0.39 is 17.7 Å². The zero-order chi connectivity index (χ0) is 18.1. The highest BCUT2D eigenvalue weighted by Crippen LogP contribution is 2.41. The molecule has 1 aromatic heterocycles. The third kappa shape index (κ3) is 3.03. The van der Waals surface area contributed by atoms with Crippen molar-refractivity contribution in [2.24, 2.45) is 5.92 Å². The molecule has 2 heterocycles. The van der Waals surface area contributed by atoms with E-state index in [1.165, 1.54) is 4.90 Å². The number of anilines is 1. The molecule has 2 aromatic rings. The molecular weight excluding hydrogens is 340 g/mol. The number of benzene rings is 1. The molecule has 0 aliphatic carbocycles. The number of nitrogens with zero attached hydrogens (tertiary/aromatic N) is 2. The van der Waals surface area contributed by atoms with E-state index in [1.54, 1.807) is 62.6 Å². The number of carbonyl (C=O) groups is 2. The summed E-state index contributed by atoms with van der Waals surface area (Å²) in [5.74, 6) is -1.78. The van der Waals surface area contributed by atoms with E-state index in [0.717, 1.165) is 0 Å². The molecular formula is C19H17ClN2O3. The molecule has 1 unspecified atom stereocenters. The number of rotatable bonds is 4. The van der Waals surface area contributed by atoms with Gasteiger partial charge < -0.3 is 5.11 Å². The standard InChI is InChI=1S/C19H17ClN2O3/c1-11(2)17(23)15-16(12-5-4-8-21-10-12)22(19(25)18(15)24)14-7-3-6-13(20)9-14/h3-11,16,24H,1-2H3. The number of carbonyl (C=O) groups excluding carboxylic acids is 2. The maximum atomic E-state index is 12.7. The van der Waals surface area contributed by atoms with Gasteiger partial charge in [0, 0.05) is 29.0 Å². The first-order chi connectivity index (χ1) is 11.9. The minimum atomic E-state index is -0.741. The van der Waals surface area contributed by atoms with Crippen molar-refractivity contribution in [2.45, 2.75) is 19.9 Å². The van der Waals surface area contributed by atoms with Crippen LogP contribution < -0.4 is 4.90 Å². The smallest absolute Gasteiger partial charge is 0.294 e. The van der Waals surface area contributed by atoms with E-state index in [0.29, 0.717) is 16.3 Å². The third-order valence-corrected chi connectivity index (χ3v) is 4.32. The summed E-state index contributed by atoms with van der Waals surface area (Å²) >= 11 is 6.06. The highest BCUT2D eigenvalue weighted by atomic mass is 35.5. The van der Waals surface area contributed by atoms with Gasteiger partial charge in [0.15, 0.2) is 11.5 Å². The van der Waals surface area contributed by atoms with Crippen molar-refractivity contribution in [2.75, 3.05) is 4.90 Å². The van der Waals surface area contributed by atoms with Crippen LogP contribution in [0.5, 0.6) is 0 Å². The van der Waals surface area contributed by atoms with Crippen LogP contribution in [0.25, 0.3) is 0 Å². The molecule has 0 saturated carbocycles. The molecule has 0 saturated heterocycles. The number of pyridine rings is 1. The number of hydrogen-bond acceptors (Lipinski definition) is 4. The van der Waals surface area contributed by atoms with Crippen molar-refractivity contribution < 1.29 is 14.7 Å². The lowest BCUT2D eigenvalue weighted by molar-refractivity contribution is -0.119. The number of halogens is 1. The van der Waals surface area contributed by atoms with Gasteiger partial charge in [0.25, 0.3) is 5.91 Å². The first-order valence-electron chi connectivity index (χ1n) is 7.88. The van der Waals surface area contributed by atoms with Gasteiger partial charge in [0.2, 0.25) is 0 Å². The Morgan fingerprint density at radius 1 is 1.28 bits per heavy atom. The summed E-state index contributed by atoms with van der Waals surface area (Å²) in [6, 6.07) is 9.50. The third-order valence-electron chi connectivity index (χ3n) is 4.08. The Labute approximate surface area is 150 Å². The van der Waals surface area contributed by atoms with Gasteiger partial charge in [-0.1, -0.05) is 37.6 Å². The second-order valence-electron chi connectivity index (χ2n) is 6.13. The largest absolute Gasteiger partial charge is 0.503 e. The first kappa shape index (κ1) is 17.2. The lowest BCUT2D eigenvalue weighted by Crippen LogP contribution is -2.31. The minimum Gasteiger partial charge on any atom is -0.503 e. The van der Waals surface area contributed by atoms with E-state index in [-0.39, 0.29) is 17.3 Å². The molecule has 3 rings (SSSR count). The van der Waals surface area contributed by atoms with E-state index in [4.69, 9.17) is 11.6 Å². The number of hydrogen-bond donors (Lipinski definition) is 1. The number of aliphatic hydroxyl groups is 1. The van der Waals surface area contributed by atoms with Crippen molar-refractivity contribution in [3.05, 3.63) is 70.7 Å². The van der Waals surface area contributed by atoms with Crippen LogP contribution in [0.3, 0.4) is 0 Å². The quantitative estimate of drug-likeness (QED) is 0.903. The van der Waals surface area contributed by atoms with Crippen LogP contribution in [-0.4, -0.2) is 21.8 Å². The Morgan fingerprint density at radius 3 is 2.64 bits per heavy atom. The maximum Gasteiger partial charge on any atom is 0.294 e. The predicted octanol–water partition coefficient (Wildman–Crippen LogP) is 3.86. The zero-order valence-corrected chi connectivity index (χ0v) is 14.6. The summed E-state index contributed by atoms with van der Waals surface area (Å²) < 4.78 is 0. The van der Waals surface area contributed by atoms with Crippen LogP contribution in [0, 0.1) is 5.92 Å². The second kappa shape index (κ2) is 6.69. The summed E-state index contributed by atoms with van der Waals surface area (Å²) in [5.41, 5.74) is 1.24. The summed E-state index contributed by atoms with van der Waals surface area (Å²) in [6.07, 6.45) is 3.19. The molecule has 25 heavy (non-hydrogen) atoms. The maximum absolute atomic E-state index is 12.7. The Balaban J connectivity index is 2.19.